The van der Waals surface area contributed by atoms with E-state index in [0.717, 1.165) is 21.5 Å². The summed E-state index contributed by atoms with van der Waals surface area (Å²) in [6, 6.07) is 6.21. The van der Waals surface area contributed by atoms with Crippen molar-refractivity contribution in [2.24, 2.45) is 0 Å². The second kappa shape index (κ2) is 8.17. The molecule has 0 N–H and O–H groups in total. The third-order valence-corrected chi connectivity index (χ3v) is 6.33. The van der Waals surface area contributed by atoms with Crippen LogP contribution in [0.15, 0.2) is 28.1 Å². The van der Waals surface area contributed by atoms with Crippen LogP contribution in [0.5, 0.6) is 11.5 Å². The zero-order chi connectivity index (χ0) is 15.4. The molecule has 1 aromatic carbocycles. The van der Waals surface area contributed by atoms with Gasteiger partial charge in [-0.15, -0.1) is 11.3 Å². The molecule has 1 atom stereocenters. The number of hydrogen-bond donors (Lipinski definition) is 0. The van der Waals surface area contributed by atoms with Gasteiger partial charge >= 0.3 is 0 Å². The fourth-order valence-corrected chi connectivity index (χ4v) is 4.99. The standard InChI is InChI=1S/C15H15Br2IO2S/c1-3-19-12-6-10(11(16)7-13(12)20-4-2)15(17)9-5-14(18)21-8-9/h5-8,15H,3-4H2,1-2H3. The smallest absolute Gasteiger partial charge is 0.162 e. The van der Waals surface area contributed by atoms with Crippen LogP contribution < -0.4 is 9.47 Å². The number of alkyl halides is 1. The normalized spacial score (nSPS) is 12.2. The minimum atomic E-state index is 0.126. The summed E-state index contributed by atoms with van der Waals surface area (Å²) in [5, 5.41) is 2.17. The molecule has 0 fully saturated rings. The van der Waals surface area contributed by atoms with E-state index in [1.54, 1.807) is 11.3 Å². The summed E-state index contributed by atoms with van der Waals surface area (Å²) >= 11 is 11.5. The zero-order valence-corrected chi connectivity index (χ0v) is 17.8. The predicted octanol–water partition coefficient (Wildman–Crippen LogP) is 6.40. The van der Waals surface area contributed by atoms with Crippen LogP contribution >= 0.6 is 65.8 Å². The number of rotatable bonds is 6. The minimum absolute atomic E-state index is 0.126. The van der Waals surface area contributed by atoms with Gasteiger partial charge < -0.3 is 9.47 Å². The van der Waals surface area contributed by atoms with Crippen molar-refractivity contribution in [1.29, 1.82) is 0 Å². The molecule has 6 heteroatoms. The largest absolute Gasteiger partial charge is 0.490 e. The Balaban J connectivity index is 2.40. The van der Waals surface area contributed by atoms with E-state index >= 15 is 0 Å². The number of thiophene rings is 1. The topological polar surface area (TPSA) is 18.5 Å². The Bertz CT molecular complexity index is 616. The molecule has 0 aliphatic carbocycles. The Hall–Kier alpha value is 0.210. The lowest BCUT2D eigenvalue weighted by Crippen LogP contribution is -2.01. The highest BCUT2D eigenvalue weighted by molar-refractivity contribution is 14.1. The van der Waals surface area contributed by atoms with Gasteiger partial charge in [-0.2, -0.15) is 0 Å². The van der Waals surface area contributed by atoms with Crippen LogP contribution in [0.2, 0.25) is 0 Å². The van der Waals surface area contributed by atoms with Gasteiger partial charge in [0, 0.05) is 4.47 Å². The SMILES string of the molecule is CCOc1cc(Br)c(C(Br)c2csc(I)c2)cc1OCC. The number of benzene rings is 1. The Morgan fingerprint density at radius 3 is 2.29 bits per heavy atom. The second-order valence-corrected chi connectivity index (χ2v) is 8.81. The molecule has 0 amide bonds. The monoisotopic (exact) mass is 544 g/mol. The molecule has 1 unspecified atom stereocenters. The third-order valence-electron chi connectivity index (χ3n) is 2.82. The van der Waals surface area contributed by atoms with Crippen LogP contribution in [0.4, 0.5) is 0 Å². The molecule has 2 rings (SSSR count). The Kier molecular flexibility index (Phi) is 6.83. The molecule has 0 radical (unpaired) electrons. The fourth-order valence-electron chi connectivity index (χ4n) is 1.92. The molecule has 1 heterocycles. The molecule has 2 aromatic rings. The van der Waals surface area contributed by atoms with Crippen LogP contribution in [-0.4, -0.2) is 13.2 Å². The first-order valence-corrected chi connectivity index (χ1v) is 10.2. The van der Waals surface area contributed by atoms with Crippen molar-refractivity contribution in [3.05, 3.63) is 42.1 Å². The van der Waals surface area contributed by atoms with Crippen LogP contribution in [0.3, 0.4) is 0 Å². The van der Waals surface area contributed by atoms with Crippen molar-refractivity contribution in [1.82, 2.24) is 0 Å². The van der Waals surface area contributed by atoms with Gasteiger partial charge in [-0.1, -0.05) is 31.9 Å². The highest BCUT2D eigenvalue weighted by Crippen LogP contribution is 2.42. The molecule has 114 valence electrons. The first kappa shape index (κ1) is 17.6. The van der Waals surface area contributed by atoms with Crippen molar-refractivity contribution in [2.75, 3.05) is 13.2 Å². The third kappa shape index (κ3) is 4.36. The zero-order valence-electron chi connectivity index (χ0n) is 11.7. The molecule has 0 saturated heterocycles. The van der Waals surface area contributed by atoms with E-state index in [0.29, 0.717) is 13.2 Å². The summed E-state index contributed by atoms with van der Waals surface area (Å²) in [6.07, 6.45) is 0. The molecule has 0 saturated carbocycles. The molecular weight excluding hydrogens is 531 g/mol. The minimum Gasteiger partial charge on any atom is -0.490 e. The predicted molar refractivity (Wildman–Crippen MR) is 104 cm³/mol. The van der Waals surface area contributed by atoms with E-state index in [1.165, 1.54) is 8.45 Å². The Labute approximate surface area is 159 Å². The maximum atomic E-state index is 5.71. The summed E-state index contributed by atoms with van der Waals surface area (Å²) in [5.41, 5.74) is 2.38. The van der Waals surface area contributed by atoms with Gasteiger partial charge in [0.05, 0.1) is 20.9 Å². The van der Waals surface area contributed by atoms with Crippen LogP contribution in [0.1, 0.15) is 29.8 Å². The van der Waals surface area contributed by atoms with E-state index in [-0.39, 0.29) is 4.83 Å². The van der Waals surface area contributed by atoms with Crippen molar-refractivity contribution in [3.8, 4) is 11.5 Å². The van der Waals surface area contributed by atoms with Crippen molar-refractivity contribution < 1.29 is 9.47 Å². The highest BCUT2D eigenvalue weighted by Gasteiger charge is 2.19. The summed E-state index contributed by atoms with van der Waals surface area (Å²) in [6.45, 7) is 5.18. The molecule has 0 bridgehead atoms. The van der Waals surface area contributed by atoms with E-state index in [9.17, 15) is 0 Å². The molecule has 21 heavy (non-hydrogen) atoms. The van der Waals surface area contributed by atoms with Crippen molar-refractivity contribution in [2.45, 2.75) is 18.7 Å². The molecule has 0 aliphatic heterocycles. The fraction of sp³-hybridized carbons (Fsp3) is 0.333. The van der Waals surface area contributed by atoms with E-state index < -0.39 is 0 Å². The van der Waals surface area contributed by atoms with Crippen molar-refractivity contribution in [3.63, 3.8) is 0 Å². The first-order valence-electron chi connectivity index (χ1n) is 6.53. The van der Waals surface area contributed by atoms with Crippen molar-refractivity contribution >= 4 is 65.8 Å². The molecule has 2 nitrogen and oxygen atoms in total. The Morgan fingerprint density at radius 1 is 1.14 bits per heavy atom. The Morgan fingerprint density at radius 2 is 1.76 bits per heavy atom. The average Bonchev–Trinajstić information content (AvgIpc) is 2.88. The molecule has 0 aliphatic rings. The van der Waals surface area contributed by atoms with Crippen LogP contribution in [0, 0.1) is 2.88 Å². The highest BCUT2D eigenvalue weighted by atomic mass is 127. The van der Waals surface area contributed by atoms with Crippen LogP contribution in [-0.2, 0) is 0 Å². The molecular formula is C15H15Br2IO2S. The van der Waals surface area contributed by atoms with Gasteiger partial charge in [0.25, 0.3) is 0 Å². The summed E-state index contributed by atoms with van der Waals surface area (Å²) in [4.78, 5) is 0.126. The van der Waals surface area contributed by atoms with Gasteiger partial charge in [-0.3, -0.25) is 0 Å². The van der Waals surface area contributed by atoms with Gasteiger partial charge in [0.15, 0.2) is 11.5 Å². The summed E-state index contributed by atoms with van der Waals surface area (Å²) in [5.74, 6) is 1.56. The van der Waals surface area contributed by atoms with Gasteiger partial charge in [0.1, 0.15) is 0 Å². The average molecular weight is 546 g/mol. The lowest BCUT2D eigenvalue weighted by Gasteiger charge is -2.17. The van der Waals surface area contributed by atoms with Crippen LogP contribution in [0.25, 0.3) is 0 Å². The van der Waals surface area contributed by atoms with Gasteiger partial charge in [-0.25, -0.2) is 0 Å². The quantitative estimate of drug-likeness (QED) is 0.309. The summed E-state index contributed by atoms with van der Waals surface area (Å²) in [7, 11) is 0. The van der Waals surface area contributed by atoms with E-state index in [2.05, 4.69) is 65.9 Å². The maximum absolute atomic E-state index is 5.71. The van der Waals surface area contributed by atoms with E-state index in [1.807, 2.05) is 26.0 Å². The molecule has 1 aromatic heterocycles. The number of halogens is 3. The van der Waals surface area contributed by atoms with Gasteiger partial charge in [-0.05, 0) is 71.1 Å². The molecule has 0 spiro atoms. The number of ether oxygens (including phenoxy) is 2. The summed E-state index contributed by atoms with van der Waals surface area (Å²) < 4.78 is 13.6. The second-order valence-electron chi connectivity index (χ2n) is 4.23. The lowest BCUT2D eigenvalue weighted by atomic mass is 10.1. The van der Waals surface area contributed by atoms with Gasteiger partial charge in [0.2, 0.25) is 0 Å². The number of hydrogen-bond acceptors (Lipinski definition) is 3. The lowest BCUT2D eigenvalue weighted by molar-refractivity contribution is 0.287. The first-order chi connectivity index (χ1) is 10.1. The van der Waals surface area contributed by atoms with E-state index in [4.69, 9.17) is 9.47 Å². The maximum Gasteiger partial charge on any atom is 0.162 e.